The molecule has 4 rings (SSSR count). The van der Waals surface area contributed by atoms with Crippen molar-refractivity contribution in [3.05, 3.63) is 77.0 Å². The van der Waals surface area contributed by atoms with Crippen LogP contribution in [-0.2, 0) is 7.05 Å². The fourth-order valence-corrected chi connectivity index (χ4v) is 4.30. The quantitative estimate of drug-likeness (QED) is 0.474. The van der Waals surface area contributed by atoms with Crippen LogP contribution in [0, 0.1) is 20.7 Å². The maximum Gasteiger partial charge on any atom is 0.212 e. The molecule has 1 heterocycles. The minimum absolute atomic E-state index is 0.381. The van der Waals surface area contributed by atoms with Gasteiger partial charge >= 0.3 is 0 Å². The van der Waals surface area contributed by atoms with Gasteiger partial charge < -0.3 is 0 Å². The highest BCUT2D eigenvalue weighted by molar-refractivity contribution is 5.75. The summed E-state index contributed by atoms with van der Waals surface area (Å²) in [4.78, 5) is 0. The van der Waals surface area contributed by atoms with Gasteiger partial charge in [0.05, 0.1) is 0 Å². The van der Waals surface area contributed by atoms with E-state index >= 15 is 0 Å². The Bertz CT molecular complexity index is 1110. The lowest BCUT2D eigenvalue weighted by Gasteiger charge is -2.15. The molecule has 1 heteroatoms. The first-order valence-corrected chi connectivity index (χ1v) is 9.82. The number of nitrogens with zero attached hydrogens (tertiary/aromatic N) is 1. The van der Waals surface area contributed by atoms with Gasteiger partial charge in [0.2, 0.25) is 5.69 Å². The molecule has 0 N–H and O–H groups in total. The number of hydrogen-bond donors (Lipinski definition) is 0. The van der Waals surface area contributed by atoms with Gasteiger partial charge in [0.15, 0.2) is 6.20 Å². The Labute approximate surface area is 169 Å². The number of hydrogen-bond acceptors (Lipinski definition) is 0. The van der Waals surface area contributed by atoms with Gasteiger partial charge in [-0.2, -0.15) is 0 Å². The van der Waals surface area contributed by atoms with Crippen LogP contribution in [0.15, 0.2) is 54.7 Å². The van der Waals surface area contributed by atoms with Crippen molar-refractivity contribution in [3.63, 3.8) is 0 Å². The topological polar surface area (TPSA) is 3.88 Å². The molecule has 138 valence electrons. The Morgan fingerprint density at radius 1 is 0.926 bits per heavy atom. The third kappa shape index (κ3) is 3.43. The first-order valence-electron chi connectivity index (χ1n) is 11.8. The average molecular weight is 361 g/mol. The SMILES string of the molecule is [2H]C([2H])([2H])c1cc(C)c(-c2cc(C)c(C3([2H])CCCC3)c[n+]2C)cc1-c1ccccc1. The van der Waals surface area contributed by atoms with Crippen LogP contribution >= 0.6 is 0 Å². The Kier molecular flexibility index (Phi) is 3.71. The van der Waals surface area contributed by atoms with Gasteiger partial charge in [-0.05, 0) is 73.3 Å². The van der Waals surface area contributed by atoms with Crippen molar-refractivity contribution in [2.75, 3.05) is 0 Å². The van der Waals surface area contributed by atoms with E-state index in [-0.39, 0.29) is 0 Å². The fraction of sp³-hybridized carbons (Fsp3) is 0.346. The van der Waals surface area contributed by atoms with Crippen LogP contribution in [0.3, 0.4) is 0 Å². The van der Waals surface area contributed by atoms with Crippen molar-refractivity contribution in [2.45, 2.75) is 52.3 Å². The Morgan fingerprint density at radius 3 is 2.37 bits per heavy atom. The first-order chi connectivity index (χ1) is 14.6. The first kappa shape index (κ1) is 13.7. The number of rotatable bonds is 3. The van der Waals surface area contributed by atoms with E-state index in [4.69, 9.17) is 5.48 Å². The molecule has 0 saturated heterocycles. The Balaban J connectivity index is 1.90. The summed E-state index contributed by atoms with van der Waals surface area (Å²) >= 11 is 0. The molecule has 1 fully saturated rings. The summed E-state index contributed by atoms with van der Waals surface area (Å²) in [6.07, 6.45) is 6.17. The van der Waals surface area contributed by atoms with E-state index in [1.165, 1.54) is 0 Å². The minimum Gasteiger partial charge on any atom is -0.201 e. The summed E-state index contributed by atoms with van der Waals surface area (Å²) < 4.78 is 35.2. The molecule has 1 aromatic heterocycles. The van der Waals surface area contributed by atoms with Crippen LogP contribution in [0.25, 0.3) is 22.4 Å². The molecule has 0 aliphatic heterocycles. The number of aromatic nitrogens is 1. The molecule has 27 heavy (non-hydrogen) atoms. The van der Waals surface area contributed by atoms with Gasteiger partial charge in [0.25, 0.3) is 0 Å². The lowest BCUT2D eigenvalue weighted by Crippen LogP contribution is -2.32. The van der Waals surface area contributed by atoms with E-state index in [1.54, 1.807) is 0 Å². The van der Waals surface area contributed by atoms with Crippen molar-refractivity contribution in [3.8, 4) is 22.4 Å². The molecule has 0 radical (unpaired) electrons. The Morgan fingerprint density at radius 2 is 1.67 bits per heavy atom. The second-order valence-electron chi connectivity index (χ2n) is 7.76. The van der Waals surface area contributed by atoms with Gasteiger partial charge in [-0.25, -0.2) is 4.57 Å². The maximum atomic E-state index is 8.94. The van der Waals surface area contributed by atoms with E-state index < -0.39 is 12.7 Å². The van der Waals surface area contributed by atoms with Gasteiger partial charge in [0, 0.05) is 22.7 Å². The summed E-state index contributed by atoms with van der Waals surface area (Å²) in [5, 5.41) is 0. The van der Waals surface area contributed by atoms with E-state index in [0.29, 0.717) is 5.56 Å². The average Bonchev–Trinajstić information content (AvgIpc) is 3.17. The second kappa shape index (κ2) is 7.31. The van der Waals surface area contributed by atoms with Crippen LogP contribution < -0.4 is 4.57 Å². The molecule has 0 amide bonds. The summed E-state index contributed by atoms with van der Waals surface area (Å²) in [6.45, 7) is 1.89. The van der Waals surface area contributed by atoms with Crippen molar-refractivity contribution in [1.29, 1.82) is 0 Å². The standard InChI is InChI=1S/C26H30N/c1-18-14-19(2)24(16-23(18)21-10-6-5-7-11-21)26-15-20(3)25(17-27(26)4)22-12-8-9-13-22/h5-7,10-11,14-17,22H,8-9,12-13H2,1-4H3/q+1/i1D3,22D. The molecule has 0 atom stereocenters. The van der Waals surface area contributed by atoms with Crippen molar-refractivity contribution in [2.24, 2.45) is 7.05 Å². The van der Waals surface area contributed by atoms with Gasteiger partial charge in [-0.15, -0.1) is 0 Å². The zero-order chi connectivity index (χ0) is 22.4. The number of aryl methyl sites for hydroxylation is 4. The largest absolute Gasteiger partial charge is 0.212 e. The van der Waals surface area contributed by atoms with Crippen molar-refractivity contribution >= 4 is 0 Å². The predicted octanol–water partition coefficient (Wildman–Crippen LogP) is 6.43. The molecular formula is C26H30N+. The molecule has 1 aliphatic rings. The predicted molar refractivity (Wildman–Crippen MR) is 114 cm³/mol. The number of pyridine rings is 1. The van der Waals surface area contributed by atoms with Crippen LogP contribution in [0.1, 0.15) is 59.3 Å². The molecule has 0 unspecified atom stereocenters. The van der Waals surface area contributed by atoms with Gasteiger partial charge in [-0.1, -0.05) is 49.2 Å². The number of benzene rings is 2. The summed E-state index contributed by atoms with van der Waals surface area (Å²) in [7, 11) is 2.02. The smallest absolute Gasteiger partial charge is 0.201 e. The third-order valence-corrected chi connectivity index (χ3v) is 5.79. The Hall–Kier alpha value is -2.41. The highest BCUT2D eigenvalue weighted by Gasteiger charge is 2.24. The van der Waals surface area contributed by atoms with Crippen molar-refractivity contribution < 1.29 is 10.1 Å². The maximum absolute atomic E-state index is 8.94. The highest BCUT2D eigenvalue weighted by atomic mass is 14.9. The molecule has 2 aromatic carbocycles. The third-order valence-electron chi connectivity index (χ3n) is 5.79. The van der Waals surface area contributed by atoms with Crippen LogP contribution in [0.2, 0.25) is 0 Å². The molecule has 1 saturated carbocycles. The minimum atomic E-state index is -2.18. The lowest BCUT2D eigenvalue weighted by atomic mass is 9.91. The van der Waals surface area contributed by atoms with E-state index in [1.807, 2.05) is 56.4 Å². The molecule has 1 nitrogen and oxygen atoms in total. The molecule has 0 spiro atoms. The lowest BCUT2D eigenvalue weighted by molar-refractivity contribution is -0.661. The van der Waals surface area contributed by atoms with Crippen LogP contribution in [0.4, 0.5) is 0 Å². The fourth-order valence-electron chi connectivity index (χ4n) is 4.30. The molecule has 1 aliphatic carbocycles. The zero-order valence-corrected chi connectivity index (χ0v) is 16.5. The van der Waals surface area contributed by atoms with E-state index in [9.17, 15) is 0 Å². The monoisotopic (exact) mass is 360 g/mol. The molecule has 0 bridgehead atoms. The highest BCUT2D eigenvalue weighted by Crippen LogP contribution is 2.37. The van der Waals surface area contributed by atoms with Crippen LogP contribution in [-0.4, -0.2) is 0 Å². The summed E-state index contributed by atoms with van der Waals surface area (Å²) in [6, 6.07) is 15.7. The summed E-state index contributed by atoms with van der Waals surface area (Å²) in [5.41, 5.74) is 7.27. The van der Waals surface area contributed by atoms with Gasteiger partial charge in [0.1, 0.15) is 7.05 Å². The van der Waals surface area contributed by atoms with E-state index in [2.05, 4.69) is 23.8 Å². The molecular weight excluding hydrogens is 326 g/mol. The van der Waals surface area contributed by atoms with E-state index in [0.717, 1.165) is 64.8 Å². The summed E-state index contributed by atoms with van der Waals surface area (Å²) in [5.74, 6) is -0.490. The normalized spacial score (nSPS) is 18.5. The van der Waals surface area contributed by atoms with Crippen LogP contribution in [0.5, 0.6) is 0 Å². The second-order valence-corrected chi connectivity index (χ2v) is 7.76. The zero-order valence-electron chi connectivity index (χ0n) is 20.5. The van der Waals surface area contributed by atoms with Crippen molar-refractivity contribution in [1.82, 2.24) is 0 Å². The van der Waals surface area contributed by atoms with Gasteiger partial charge in [-0.3, -0.25) is 0 Å². The molecule has 3 aromatic rings.